The first kappa shape index (κ1) is 17.1. The summed E-state index contributed by atoms with van der Waals surface area (Å²) in [6.45, 7) is 5.70. The maximum absolute atomic E-state index is 5.92. The molecule has 0 aliphatic carbocycles. The van der Waals surface area contributed by atoms with Crippen LogP contribution in [0, 0.1) is 6.92 Å². The summed E-state index contributed by atoms with van der Waals surface area (Å²) in [4.78, 5) is 6.46. The number of benzene rings is 1. The van der Waals surface area contributed by atoms with Crippen LogP contribution < -0.4 is 15.4 Å². The highest BCUT2D eigenvalue weighted by atomic mass is 79.9. The Morgan fingerprint density at radius 1 is 1.45 bits per heavy atom. The number of aryl methyl sites for hydroxylation is 1. The molecule has 1 unspecified atom stereocenters. The molecule has 3 rings (SSSR count). The van der Waals surface area contributed by atoms with E-state index in [0.29, 0.717) is 18.3 Å². The minimum atomic E-state index is 0. The van der Waals surface area contributed by atoms with Crippen molar-refractivity contribution >= 4 is 34.0 Å². The van der Waals surface area contributed by atoms with E-state index in [-0.39, 0.29) is 25.1 Å². The van der Waals surface area contributed by atoms with E-state index < -0.39 is 0 Å². The summed E-state index contributed by atoms with van der Waals surface area (Å²) < 4.78 is 12.0. The molecule has 2 heterocycles. The van der Waals surface area contributed by atoms with Gasteiger partial charge in [0.25, 0.3) is 0 Å². The van der Waals surface area contributed by atoms with Gasteiger partial charge in [0, 0.05) is 4.47 Å². The smallest absolute Gasteiger partial charge is 0.240 e. The van der Waals surface area contributed by atoms with Crippen molar-refractivity contribution in [3.05, 3.63) is 33.9 Å². The lowest BCUT2D eigenvalue weighted by molar-refractivity contribution is 0.211. The monoisotopic (exact) mass is 388 g/mol. The first-order valence-corrected chi connectivity index (χ1v) is 7.59. The summed E-state index contributed by atoms with van der Waals surface area (Å²) in [5.74, 6) is 1.97. The maximum Gasteiger partial charge on any atom is 0.240 e. The summed E-state index contributed by atoms with van der Waals surface area (Å²) in [6.07, 6.45) is 0.110. The second-order valence-electron chi connectivity index (χ2n) is 5.19. The van der Waals surface area contributed by atoms with Crippen LogP contribution >= 0.6 is 28.3 Å². The van der Waals surface area contributed by atoms with E-state index in [1.807, 2.05) is 13.0 Å². The lowest BCUT2D eigenvalue weighted by Gasteiger charge is -2.34. The topological polar surface area (TPSA) is 77.4 Å². The minimum Gasteiger partial charge on any atom is -0.487 e. The van der Waals surface area contributed by atoms with Gasteiger partial charge in [-0.1, -0.05) is 21.1 Å². The number of nitrogens with zero attached hydrogens (tertiary/aromatic N) is 3. The number of hydrogen-bond acceptors (Lipinski definition) is 6. The standard InChI is InChI=1S/C14H17BrN4O2.ClH/c1-8-3-12-11(4-10(8)15)19(6-9(2)20-12)7-13-17-14(5-16)21-18-13;/h3-4,9H,5-7,16H2,1-2H3;1H. The van der Waals surface area contributed by atoms with Crippen molar-refractivity contribution in [2.75, 3.05) is 11.4 Å². The minimum absolute atomic E-state index is 0. The second kappa shape index (κ2) is 6.85. The normalized spacial score (nSPS) is 16.7. The molecule has 22 heavy (non-hydrogen) atoms. The highest BCUT2D eigenvalue weighted by Gasteiger charge is 2.25. The molecule has 1 atom stereocenters. The Hall–Kier alpha value is -1.31. The fraction of sp³-hybridized carbons (Fsp3) is 0.429. The molecule has 0 radical (unpaired) electrons. The molecule has 0 amide bonds. The highest BCUT2D eigenvalue weighted by molar-refractivity contribution is 9.10. The van der Waals surface area contributed by atoms with E-state index in [4.69, 9.17) is 15.0 Å². The van der Waals surface area contributed by atoms with Crippen LogP contribution in [0.4, 0.5) is 5.69 Å². The van der Waals surface area contributed by atoms with Crippen molar-refractivity contribution in [2.24, 2.45) is 5.73 Å². The molecule has 0 bridgehead atoms. The van der Waals surface area contributed by atoms with Gasteiger partial charge in [-0.05, 0) is 31.5 Å². The number of ether oxygens (including phenoxy) is 1. The van der Waals surface area contributed by atoms with Crippen LogP contribution in [0.25, 0.3) is 0 Å². The summed E-state index contributed by atoms with van der Waals surface area (Å²) in [7, 11) is 0. The lowest BCUT2D eigenvalue weighted by atomic mass is 10.1. The molecule has 0 saturated heterocycles. The number of nitrogens with two attached hydrogens (primary N) is 1. The quantitative estimate of drug-likeness (QED) is 0.870. The number of aromatic nitrogens is 2. The van der Waals surface area contributed by atoms with Crippen LogP contribution in [0.3, 0.4) is 0 Å². The molecule has 1 aliphatic rings. The summed E-state index contributed by atoms with van der Waals surface area (Å²) in [5, 5.41) is 3.96. The van der Waals surface area contributed by atoms with Crippen molar-refractivity contribution in [3.8, 4) is 5.75 Å². The Balaban J connectivity index is 0.00000176. The van der Waals surface area contributed by atoms with Gasteiger partial charge in [-0.3, -0.25) is 0 Å². The first-order chi connectivity index (χ1) is 10.1. The van der Waals surface area contributed by atoms with E-state index >= 15 is 0 Å². The van der Waals surface area contributed by atoms with E-state index in [2.05, 4.69) is 44.0 Å². The predicted molar refractivity (Wildman–Crippen MR) is 89.5 cm³/mol. The van der Waals surface area contributed by atoms with E-state index in [9.17, 15) is 0 Å². The molecule has 0 saturated carbocycles. The van der Waals surface area contributed by atoms with Gasteiger partial charge in [0.2, 0.25) is 5.89 Å². The number of rotatable bonds is 3. The Kier molecular flexibility index (Phi) is 5.31. The van der Waals surface area contributed by atoms with Gasteiger partial charge in [-0.2, -0.15) is 4.98 Å². The number of hydrogen-bond donors (Lipinski definition) is 1. The van der Waals surface area contributed by atoms with Crippen molar-refractivity contribution in [1.29, 1.82) is 0 Å². The Morgan fingerprint density at radius 2 is 2.23 bits per heavy atom. The number of halogens is 2. The highest BCUT2D eigenvalue weighted by Crippen LogP contribution is 2.38. The van der Waals surface area contributed by atoms with Crippen molar-refractivity contribution < 1.29 is 9.26 Å². The van der Waals surface area contributed by atoms with Crippen LogP contribution in [-0.2, 0) is 13.1 Å². The molecule has 0 spiro atoms. The fourth-order valence-electron chi connectivity index (χ4n) is 2.41. The molecular weight excluding hydrogens is 372 g/mol. The Morgan fingerprint density at radius 3 is 2.91 bits per heavy atom. The zero-order valence-corrected chi connectivity index (χ0v) is 14.8. The van der Waals surface area contributed by atoms with Crippen molar-refractivity contribution in [3.63, 3.8) is 0 Å². The zero-order valence-electron chi connectivity index (χ0n) is 12.4. The van der Waals surface area contributed by atoms with Gasteiger partial charge in [0.1, 0.15) is 11.9 Å². The van der Waals surface area contributed by atoms with Crippen LogP contribution in [-0.4, -0.2) is 22.8 Å². The largest absolute Gasteiger partial charge is 0.487 e. The first-order valence-electron chi connectivity index (χ1n) is 6.80. The number of fused-ring (bicyclic) bond motifs is 1. The van der Waals surface area contributed by atoms with Crippen LogP contribution in [0.5, 0.6) is 5.75 Å². The van der Waals surface area contributed by atoms with Gasteiger partial charge in [-0.25, -0.2) is 0 Å². The molecule has 120 valence electrons. The van der Waals surface area contributed by atoms with Gasteiger partial charge >= 0.3 is 0 Å². The third-order valence-electron chi connectivity index (χ3n) is 3.40. The lowest BCUT2D eigenvalue weighted by Crippen LogP contribution is -2.38. The van der Waals surface area contributed by atoms with E-state index in [1.54, 1.807) is 0 Å². The molecule has 1 aromatic heterocycles. The van der Waals surface area contributed by atoms with Crippen LogP contribution in [0.1, 0.15) is 24.2 Å². The number of anilines is 1. The second-order valence-corrected chi connectivity index (χ2v) is 6.04. The Labute approximate surface area is 143 Å². The molecule has 8 heteroatoms. The zero-order chi connectivity index (χ0) is 15.0. The average Bonchev–Trinajstić information content (AvgIpc) is 2.88. The van der Waals surface area contributed by atoms with Crippen molar-refractivity contribution in [1.82, 2.24) is 10.1 Å². The molecular formula is C14H18BrClN4O2. The van der Waals surface area contributed by atoms with E-state index in [0.717, 1.165) is 28.0 Å². The average molecular weight is 390 g/mol. The molecule has 1 aliphatic heterocycles. The SMILES string of the molecule is Cc1cc2c(cc1Br)N(Cc1noc(CN)n1)CC(C)O2.Cl. The maximum atomic E-state index is 5.92. The predicted octanol–water partition coefficient (Wildman–Crippen LogP) is 2.81. The van der Waals surface area contributed by atoms with Gasteiger partial charge < -0.3 is 19.9 Å². The van der Waals surface area contributed by atoms with Gasteiger partial charge in [-0.15, -0.1) is 12.4 Å². The molecule has 2 N–H and O–H groups in total. The summed E-state index contributed by atoms with van der Waals surface area (Å²) >= 11 is 3.57. The third-order valence-corrected chi connectivity index (χ3v) is 4.26. The van der Waals surface area contributed by atoms with Gasteiger partial charge in [0.15, 0.2) is 5.82 Å². The summed E-state index contributed by atoms with van der Waals surface area (Å²) in [6, 6.07) is 4.12. The molecule has 2 aromatic rings. The Bertz CT molecular complexity index is 664. The summed E-state index contributed by atoms with van der Waals surface area (Å²) in [5.41, 5.74) is 7.67. The fourth-order valence-corrected chi connectivity index (χ4v) is 2.74. The van der Waals surface area contributed by atoms with Gasteiger partial charge in [0.05, 0.1) is 25.3 Å². The van der Waals surface area contributed by atoms with Crippen LogP contribution in [0.15, 0.2) is 21.1 Å². The van der Waals surface area contributed by atoms with E-state index in [1.165, 1.54) is 0 Å². The molecule has 6 nitrogen and oxygen atoms in total. The molecule has 1 aromatic carbocycles. The third kappa shape index (κ3) is 3.37. The molecule has 0 fully saturated rings. The van der Waals surface area contributed by atoms with Crippen LogP contribution in [0.2, 0.25) is 0 Å². The van der Waals surface area contributed by atoms with Crippen molar-refractivity contribution in [2.45, 2.75) is 33.0 Å².